The molecular formula is C14H11F2NO2. The molecule has 0 fully saturated rings. The molecular weight excluding hydrogens is 252 g/mol. The van der Waals surface area contributed by atoms with Gasteiger partial charge in [-0.25, -0.2) is 18.6 Å². The molecule has 0 amide bonds. The molecule has 0 atom stereocenters. The molecule has 0 spiro atoms. The Bertz CT molecular complexity index is 601. The Labute approximate surface area is 108 Å². The Morgan fingerprint density at radius 3 is 2.26 bits per heavy atom. The zero-order valence-electron chi connectivity index (χ0n) is 10.4. The minimum atomic E-state index is -0.618. The van der Waals surface area contributed by atoms with Crippen LogP contribution >= 0.6 is 0 Å². The highest BCUT2D eigenvalue weighted by molar-refractivity contribution is 5.87. The van der Waals surface area contributed by atoms with Crippen molar-refractivity contribution in [2.24, 2.45) is 0 Å². The molecule has 0 bridgehead atoms. The molecule has 0 unspecified atom stereocenters. The zero-order chi connectivity index (χ0) is 14.0. The number of carbonyl (C=O) groups excluding carboxylic acids is 1. The van der Waals surface area contributed by atoms with Crippen molar-refractivity contribution in [2.45, 2.75) is 6.92 Å². The van der Waals surface area contributed by atoms with Crippen LogP contribution in [0.2, 0.25) is 0 Å². The third-order valence-electron chi connectivity index (χ3n) is 2.77. The molecule has 0 aliphatic rings. The smallest absolute Gasteiger partial charge is 0.356 e. The molecule has 0 saturated heterocycles. The number of nitrogens with zero attached hydrogens (tertiary/aromatic N) is 1. The van der Waals surface area contributed by atoms with Crippen molar-refractivity contribution in [1.29, 1.82) is 0 Å². The second-order valence-corrected chi connectivity index (χ2v) is 3.99. The van der Waals surface area contributed by atoms with Gasteiger partial charge >= 0.3 is 5.97 Å². The van der Waals surface area contributed by atoms with Crippen molar-refractivity contribution in [3.63, 3.8) is 0 Å². The maximum atomic E-state index is 13.5. The summed E-state index contributed by atoms with van der Waals surface area (Å²) in [5, 5.41) is 0. The van der Waals surface area contributed by atoms with E-state index in [0.29, 0.717) is 11.1 Å². The van der Waals surface area contributed by atoms with Gasteiger partial charge < -0.3 is 4.74 Å². The van der Waals surface area contributed by atoms with Crippen LogP contribution in [0, 0.1) is 18.6 Å². The third-order valence-corrected chi connectivity index (χ3v) is 2.77. The van der Waals surface area contributed by atoms with E-state index in [1.165, 1.54) is 38.4 Å². The SMILES string of the molecule is COC(=O)c1ccc(-c2cc(F)c(C)c(F)c2)cn1. The summed E-state index contributed by atoms with van der Waals surface area (Å²) in [6.45, 7) is 1.37. The third kappa shape index (κ3) is 2.59. The summed E-state index contributed by atoms with van der Waals surface area (Å²) in [5.74, 6) is -1.80. The number of benzene rings is 1. The van der Waals surface area contributed by atoms with Crippen molar-refractivity contribution in [3.05, 3.63) is 53.4 Å². The van der Waals surface area contributed by atoms with Gasteiger partial charge in [0, 0.05) is 17.3 Å². The van der Waals surface area contributed by atoms with Gasteiger partial charge in [0.05, 0.1) is 7.11 Å². The van der Waals surface area contributed by atoms with Gasteiger partial charge in [-0.1, -0.05) is 6.07 Å². The molecule has 19 heavy (non-hydrogen) atoms. The number of ether oxygens (including phenoxy) is 1. The molecule has 1 heterocycles. The molecule has 3 nitrogen and oxygen atoms in total. The van der Waals surface area contributed by atoms with Crippen LogP contribution in [0.4, 0.5) is 8.78 Å². The average molecular weight is 263 g/mol. The Morgan fingerprint density at radius 2 is 1.79 bits per heavy atom. The first-order chi connectivity index (χ1) is 9.02. The van der Waals surface area contributed by atoms with E-state index in [1.54, 1.807) is 6.07 Å². The molecule has 1 aromatic carbocycles. The van der Waals surface area contributed by atoms with Crippen LogP contribution in [0.5, 0.6) is 0 Å². The monoisotopic (exact) mass is 263 g/mol. The molecule has 1 aromatic heterocycles. The quantitative estimate of drug-likeness (QED) is 0.781. The van der Waals surface area contributed by atoms with Gasteiger partial charge in [0.2, 0.25) is 0 Å². The molecule has 0 aliphatic carbocycles. The number of pyridine rings is 1. The highest BCUT2D eigenvalue weighted by Gasteiger charge is 2.10. The normalized spacial score (nSPS) is 10.3. The molecule has 0 saturated carbocycles. The van der Waals surface area contributed by atoms with Gasteiger partial charge in [0.15, 0.2) is 0 Å². The summed E-state index contributed by atoms with van der Waals surface area (Å²) in [6.07, 6.45) is 1.37. The van der Waals surface area contributed by atoms with E-state index >= 15 is 0 Å². The van der Waals surface area contributed by atoms with Crippen LogP contribution in [0.15, 0.2) is 30.5 Å². The average Bonchev–Trinajstić information content (AvgIpc) is 2.43. The van der Waals surface area contributed by atoms with Crippen LogP contribution in [0.25, 0.3) is 11.1 Å². The van der Waals surface area contributed by atoms with Crippen molar-refractivity contribution >= 4 is 5.97 Å². The van der Waals surface area contributed by atoms with E-state index in [2.05, 4.69) is 9.72 Å². The predicted molar refractivity (Wildman–Crippen MR) is 65.7 cm³/mol. The predicted octanol–water partition coefficient (Wildman–Crippen LogP) is 3.12. The maximum absolute atomic E-state index is 13.5. The van der Waals surface area contributed by atoms with Crippen LogP contribution in [-0.2, 0) is 4.74 Å². The van der Waals surface area contributed by atoms with Gasteiger partial charge in [0.25, 0.3) is 0 Å². The lowest BCUT2D eigenvalue weighted by molar-refractivity contribution is 0.0594. The second-order valence-electron chi connectivity index (χ2n) is 3.99. The van der Waals surface area contributed by atoms with Gasteiger partial charge in [-0.05, 0) is 30.7 Å². The number of methoxy groups -OCH3 is 1. The summed E-state index contributed by atoms with van der Waals surface area (Å²) in [4.78, 5) is 15.1. The Balaban J connectivity index is 2.40. The van der Waals surface area contributed by atoms with Crippen molar-refractivity contribution < 1.29 is 18.3 Å². The summed E-state index contributed by atoms with van der Waals surface area (Å²) in [5.41, 5.74) is 0.997. The number of aromatic nitrogens is 1. The number of carbonyl (C=O) groups is 1. The summed E-state index contributed by atoms with van der Waals surface area (Å²) in [7, 11) is 1.25. The Morgan fingerprint density at radius 1 is 1.16 bits per heavy atom. The van der Waals surface area contributed by atoms with E-state index in [-0.39, 0.29) is 11.3 Å². The molecule has 2 aromatic rings. The lowest BCUT2D eigenvalue weighted by atomic mass is 10.0. The topological polar surface area (TPSA) is 39.2 Å². The summed E-state index contributed by atoms with van der Waals surface area (Å²) < 4.78 is 31.4. The lowest BCUT2D eigenvalue weighted by Gasteiger charge is -2.05. The van der Waals surface area contributed by atoms with Crippen LogP contribution in [0.3, 0.4) is 0 Å². The van der Waals surface area contributed by atoms with Crippen LogP contribution < -0.4 is 0 Å². The number of halogens is 2. The van der Waals surface area contributed by atoms with Crippen LogP contribution in [-0.4, -0.2) is 18.1 Å². The Kier molecular flexibility index (Phi) is 3.55. The molecule has 0 aliphatic heterocycles. The first-order valence-electron chi connectivity index (χ1n) is 5.53. The van der Waals surface area contributed by atoms with E-state index in [1.807, 2.05) is 0 Å². The van der Waals surface area contributed by atoms with Gasteiger partial charge in [-0.3, -0.25) is 0 Å². The number of rotatable bonds is 2. The van der Waals surface area contributed by atoms with E-state index in [0.717, 1.165) is 0 Å². The second kappa shape index (κ2) is 5.14. The lowest BCUT2D eigenvalue weighted by Crippen LogP contribution is -2.03. The fraction of sp³-hybridized carbons (Fsp3) is 0.143. The van der Waals surface area contributed by atoms with Gasteiger partial charge in [-0.2, -0.15) is 0 Å². The standard InChI is InChI=1S/C14H11F2NO2/c1-8-11(15)5-10(6-12(8)16)9-3-4-13(17-7-9)14(18)19-2/h3-7H,1-2H3. The molecule has 0 radical (unpaired) electrons. The first kappa shape index (κ1) is 13.1. The van der Waals surface area contributed by atoms with E-state index < -0.39 is 17.6 Å². The summed E-state index contributed by atoms with van der Waals surface area (Å²) >= 11 is 0. The number of hydrogen-bond acceptors (Lipinski definition) is 3. The highest BCUT2D eigenvalue weighted by atomic mass is 19.1. The van der Waals surface area contributed by atoms with Gasteiger partial charge in [0.1, 0.15) is 17.3 Å². The highest BCUT2D eigenvalue weighted by Crippen LogP contribution is 2.23. The fourth-order valence-electron chi connectivity index (χ4n) is 1.60. The maximum Gasteiger partial charge on any atom is 0.356 e. The van der Waals surface area contributed by atoms with Crippen molar-refractivity contribution in [1.82, 2.24) is 4.98 Å². The van der Waals surface area contributed by atoms with Crippen molar-refractivity contribution in [3.8, 4) is 11.1 Å². The van der Waals surface area contributed by atoms with E-state index in [4.69, 9.17) is 0 Å². The Hall–Kier alpha value is -2.30. The molecule has 98 valence electrons. The first-order valence-corrected chi connectivity index (χ1v) is 5.53. The van der Waals surface area contributed by atoms with E-state index in [9.17, 15) is 13.6 Å². The molecule has 5 heteroatoms. The number of esters is 1. The van der Waals surface area contributed by atoms with Crippen LogP contribution in [0.1, 0.15) is 16.1 Å². The zero-order valence-corrected chi connectivity index (χ0v) is 10.4. The summed E-state index contributed by atoms with van der Waals surface area (Å²) in [6, 6.07) is 5.46. The molecule has 0 N–H and O–H groups in total. The van der Waals surface area contributed by atoms with Crippen molar-refractivity contribution in [2.75, 3.05) is 7.11 Å². The minimum Gasteiger partial charge on any atom is -0.464 e. The molecule has 2 rings (SSSR count). The minimum absolute atomic E-state index is 0.0251. The fourth-order valence-corrected chi connectivity index (χ4v) is 1.60. The largest absolute Gasteiger partial charge is 0.464 e. The van der Waals surface area contributed by atoms with Gasteiger partial charge in [-0.15, -0.1) is 0 Å². The number of hydrogen-bond donors (Lipinski definition) is 0.